The number of hydrogen-bond acceptors (Lipinski definition) is 4. The van der Waals surface area contributed by atoms with Gasteiger partial charge in [0.1, 0.15) is 0 Å². The number of nitriles is 1. The number of ether oxygens (including phenoxy) is 1. The lowest BCUT2D eigenvalue weighted by Gasteiger charge is -2.26. The average molecular weight is 287 g/mol. The second-order valence-corrected chi connectivity index (χ2v) is 5.10. The van der Waals surface area contributed by atoms with Gasteiger partial charge in [0.15, 0.2) is 0 Å². The summed E-state index contributed by atoms with van der Waals surface area (Å²) in [4.78, 5) is 14.4. The predicted molar refractivity (Wildman–Crippen MR) is 80.0 cm³/mol. The molecule has 1 amide bonds. The monoisotopic (exact) mass is 287 g/mol. The van der Waals surface area contributed by atoms with E-state index in [0.29, 0.717) is 18.5 Å². The molecule has 1 aliphatic heterocycles. The summed E-state index contributed by atoms with van der Waals surface area (Å²) >= 11 is 0. The highest BCUT2D eigenvalue weighted by molar-refractivity contribution is 5.94. The number of carbonyl (C=O) groups excluding carboxylic acids is 1. The summed E-state index contributed by atoms with van der Waals surface area (Å²) in [5.41, 5.74) is 1.49. The average Bonchev–Trinajstić information content (AvgIpc) is 2.53. The van der Waals surface area contributed by atoms with Crippen LogP contribution in [0.25, 0.3) is 0 Å². The molecule has 1 saturated heterocycles. The molecule has 0 aliphatic carbocycles. The molecule has 21 heavy (non-hydrogen) atoms. The van der Waals surface area contributed by atoms with Gasteiger partial charge >= 0.3 is 0 Å². The zero-order valence-electron chi connectivity index (χ0n) is 12.2. The van der Waals surface area contributed by atoms with E-state index in [1.54, 1.807) is 12.1 Å². The minimum absolute atomic E-state index is 0.0724. The number of benzene rings is 1. The van der Waals surface area contributed by atoms with Crippen LogP contribution in [-0.2, 0) is 11.2 Å². The normalized spacial score (nSPS) is 15.4. The number of nitrogens with one attached hydrogen (secondary N) is 1. The van der Waals surface area contributed by atoms with Crippen LogP contribution in [0.3, 0.4) is 0 Å². The minimum atomic E-state index is -0.0724. The van der Waals surface area contributed by atoms with Crippen molar-refractivity contribution in [3.8, 4) is 6.07 Å². The van der Waals surface area contributed by atoms with Crippen LogP contribution < -0.4 is 5.32 Å². The Hall–Kier alpha value is -1.90. The van der Waals surface area contributed by atoms with E-state index in [2.05, 4.69) is 16.3 Å². The molecule has 1 aromatic rings. The zero-order valence-corrected chi connectivity index (χ0v) is 12.2. The number of morpholine rings is 1. The molecule has 0 aromatic heterocycles. The minimum Gasteiger partial charge on any atom is -0.379 e. The van der Waals surface area contributed by atoms with Crippen molar-refractivity contribution in [1.82, 2.24) is 10.2 Å². The largest absolute Gasteiger partial charge is 0.379 e. The van der Waals surface area contributed by atoms with Gasteiger partial charge in [-0.25, -0.2) is 0 Å². The molecule has 0 atom stereocenters. The molecule has 0 radical (unpaired) electrons. The van der Waals surface area contributed by atoms with Crippen molar-refractivity contribution >= 4 is 5.91 Å². The van der Waals surface area contributed by atoms with Gasteiger partial charge in [-0.3, -0.25) is 9.69 Å². The van der Waals surface area contributed by atoms with E-state index in [1.807, 2.05) is 12.1 Å². The molecule has 0 spiro atoms. The third-order valence-corrected chi connectivity index (χ3v) is 3.51. The molecule has 1 aliphatic rings. The molecule has 1 N–H and O–H groups in total. The van der Waals surface area contributed by atoms with E-state index >= 15 is 0 Å². The maximum absolute atomic E-state index is 12.0. The summed E-state index contributed by atoms with van der Waals surface area (Å²) in [5, 5.41) is 11.6. The summed E-state index contributed by atoms with van der Waals surface area (Å²) in [6.45, 7) is 5.21. The first kappa shape index (κ1) is 15.5. The van der Waals surface area contributed by atoms with Gasteiger partial charge in [0.25, 0.3) is 5.91 Å². The molecule has 5 heteroatoms. The Labute approximate surface area is 125 Å². The summed E-state index contributed by atoms with van der Waals surface area (Å²) in [5.74, 6) is -0.0724. The van der Waals surface area contributed by atoms with Crippen LogP contribution in [0.4, 0.5) is 0 Å². The van der Waals surface area contributed by atoms with Crippen LogP contribution in [0.1, 0.15) is 22.3 Å². The van der Waals surface area contributed by atoms with Gasteiger partial charge in [-0.1, -0.05) is 12.1 Å². The van der Waals surface area contributed by atoms with Crippen LogP contribution in [0, 0.1) is 11.3 Å². The highest BCUT2D eigenvalue weighted by Crippen LogP contribution is 2.06. The molecular formula is C16H21N3O2. The van der Waals surface area contributed by atoms with E-state index in [1.165, 1.54) is 0 Å². The quantitative estimate of drug-likeness (QED) is 0.799. The summed E-state index contributed by atoms with van der Waals surface area (Å²) in [6, 6.07) is 9.32. The third-order valence-electron chi connectivity index (χ3n) is 3.51. The lowest BCUT2D eigenvalue weighted by atomic mass is 10.1. The van der Waals surface area contributed by atoms with E-state index in [9.17, 15) is 4.79 Å². The summed E-state index contributed by atoms with van der Waals surface area (Å²) < 4.78 is 5.30. The van der Waals surface area contributed by atoms with Crippen LogP contribution in [0.15, 0.2) is 24.3 Å². The van der Waals surface area contributed by atoms with Gasteiger partial charge in [0.05, 0.1) is 25.7 Å². The van der Waals surface area contributed by atoms with Gasteiger partial charge in [-0.2, -0.15) is 5.26 Å². The predicted octanol–water partition coefficient (Wildman–Crippen LogP) is 1.20. The van der Waals surface area contributed by atoms with Gasteiger partial charge in [0, 0.05) is 25.2 Å². The van der Waals surface area contributed by atoms with Crippen molar-refractivity contribution in [3.05, 3.63) is 35.4 Å². The molecule has 0 bridgehead atoms. The Morgan fingerprint density at radius 3 is 2.95 bits per heavy atom. The van der Waals surface area contributed by atoms with Crippen molar-refractivity contribution in [3.63, 3.8) is 0 Å². The fourth-order valence-corrected chi connectivity index (χ4v) is 2.35. The van der Waals surface area contributed by atoms with Crippen molar-refractivity contribution < 1.29 is 9.53 Å². The first-order valence-electron chi connectivity index (χ1n) is 7.34. The van der Waals surface area contributed by atoms with Gasteiger partial charge < -0.3 is 10.1 Å². The molecule has 2 rings (SSSR count). The van der Waals surface area contributed by atoms with E-state index in [4.69, 9.17) is 10.00 Å². The molecule has 5 nitrogen and oxygen atoms in total. The number of carbonyl (C=O) groups is 1. The number of nitrogens with zero attached hydrogens (tertiary/aromatic N) is 2. The van der Waals surface area contributed by atoms with E-state index in [0.717, 1.165) is 44.8 Å². The smallest absolute Gasteiger partial charge is 0.251 e. The maximum Gasteiger partial charge on any atom is 0.251 e. The molecule has 0 unspecified atom stereocenters. The van der Waals surface area contributed by atoms with Crippen LogP contribution in [0.5, 0.6) is 0 Å². The topological polar surface area (TPSA) is 65.4 Å². The van der Waals surface area contributed by atoms with E-state index in [-0.39, 0.29) is 5.91 Å². The van der Waals surface area contributed by atoms with Crippen molar-refractivity contribution in [2.45, 2.75) is 12.8 Å². The van der Waals surface area contributed by atoms with Crippen molar-refractivity contribution in [2.75, 3.05) is 39.4 Å². The van der Waals surface area contributed by atoms with Crippen LogP contribution in [0.2, 0.25) is 0 Å². The standard InChI is InChI=1S/C16H21N3O2/c17-6-5-14-3-1-4-15(13-14)16(20)18-7-2-8-19-9-11-21-12-10-19/h1,3-4,13H,2,5,7-12H2,(H,18,20). The second-order valence-electron chi connectivity index (χ2n) is 5.10. The summed E-state index contributed by atoms with van der Waals surface area (Å²) in [7, 11) is 0. The lowest BCUT2D eigenvalue weighted by Crippen LogP contribution is -2.38. The number of amides is 1. The molecule has 0 saturated carbocycles. The Balaban J connectivity index is 1.71. The Morgan fingerprint density at radius 1 is 1.38 bits per heavy atom. The van der Waals surface area contributed by atoms with Crippen LogP contribution in [-0.4, -0.2) is 50.2 Å². The molecule has 1 heterocycles. The Kier molecular flexibility index (Phi) is 6.20. The third kappa shape index (κ3) is 5.18. The van der Waals surface area contributed by atoms with Gasteiger partial charge in [-0.15, -0.1) is 0 Å². The fraction of sp³-hybridized carbons (Fsp3) is 0.500. The Morgan fingerprint density at radius 2 is 2.19 bits per heavy atom. The van der Waals surface area contributed by atoms with Gasteiger partial charge in [-0.05, 0) is 30.7 Å². The van der Waals surface area contributed by atoms with Crippen molar-refractivity contribution in [2.24, 2.45) is 0 Å². The highest BCUT2D eigenvalue weighted by atomic mass is 16.5. The fourth-order valence-electron chi connectivity index (χ4n) is 2.35. The van der Waals surface area contributed by atoms with Gasteiger partial charge in [0.2, 0.25) is 0 Å². The Bertz CT molecular complexity index is 504. The van der Waals surface area contributed by atoms with Crippen LogP contribution >= 0.6 is 0 Å². The van der Waals surface area contributed by atoms with Crippen molar-refractivity contribution in [1.29, 1.82) is 5.26 Å². The molecule has 112 valence electrons. The second kappa shape index (κ2) is 8.40. The zero-order chi connectivity index (χ0) is 14.9. The first-order chi connectivity index (χ1) is 10.3. The lowest BCUT2D eigenvalue weighted by molar-refractivity contribution is 0.0374. The number of rotatable bonds is 6. The molecular weight excluding hydrogens is 266 g/mol. The SMILES string of the molecule is N#CCc1cccc(C(=O)NCCCN2CCOCC2)c1. The number of hydrogen-bond donors (Lipinski definition) is 1. The molecule has 1 fully saturated rings. The highest BCUT2D eigenvalue weighted by Gasteiger charge is 2.10. The maximum atomic E-state index is 12.0. The molecule has 1 aromatic carbocycles. The summed E-state index contributed by atoms with van der Waals surface area (Å²) in [6.07, 6.45) is 1.27. The first-order valence-corrected chi connectivity index (χ1v) is 7.34. The van der Waals surface area contributed by atoms with E-state index < -0.39 is 0 Å².